The van der Waals surface area contributed by atoms with Crippen molar-refractivity contribution in [3.63, 3.8) is 0 Å². The van der Waals surface area contributed by atoms with Crippen LogP contribution in [0, 0.1) is 12.7 Å². The van der Waals surface area contributed by atoms with Gasteiger partial charge in [0.1, 0.15) is 12.4 Å². The maximum Gasteiger partial charge on any atom is 0.408 e. The zero-order chi connectivity index (χ0) is 33.0. The number of ether oxygens (including phenoxy) is 2. The molecule has 11 heteroatoms. The standard InChI is InChI=1S/C37H30ClFN4O5/c1-20-40-34(43-48-20)33-29(15-23(38)16-31(33)39)22-10-12-24-21(14-22)11-13-32(24)41-35(44)37(18-46-19-37)42-36(45)47-17-30-27-8-4-2-6-25(27)26-7-3-5-9-28(26)30/h2-10,12,14-16,30,32H,11,13,17-19H2,1H3,(H,41,44)(H,42,45)/t32-/m0/s1. The van der Waals surface area contributed by atoms with E-state index in [4.69, 9.17) is 25.6 Å². The van der Waals surface area contributed by atoms with Gasteiger partial charge in [0.25, 0.3) is 5.91 Å². The van der Waals surface area contributed by atoms with E-state index >= 15 is 4.39 Å². The molecule has 2 N–H and O–H groups in total. The summed E-state index contributed by atoms with van der Waals surface area (Å²) in [6.07, 6.45) is 0.678. The van der Waals surface area contributed by atoms with Crippen LogP contribution in [0.1, 0.15) is 46.5 Å². The number of hydrogen-bond acceptors (Lipinski definition) is 7. The number of fused-ring (bicyclic) bond motifs is 4. The van der Waals surface area contributed by atoms with Crippen LogP contribution in [-0.4, -0.2) is 47.5 Å². The maximum absolute atomic E-state index is 15.2. The van der Waals surface area contributed by atoms with Crippen LogP contribution >= 0.6 is 11.6 Å². The number of aromatic nitrogens is 2. The number of nitrogens with zero attached hydrogens (tertiary/aromatic N) is 2. The van der Waals surface area contributed by atoms with Crippen molar-refractivity contribution in [2.75, 3.05) is 19.8 Å². The van der Waals surface area contributed by atoms with Gasteiger partial charge in [-0.3, -0.25) is 4.79 Å². The van der Waals surface area contributed by atoms with E-state index < -0.39 is 17.4 Å². The summed E-state index contributed by atoms with van der Waals surface area (Å²) in [5, 5.41) is 10.1. The molecule has 8 rings (SSSR count). The van der Waals surface area contributed by atoms with Crippen molar-refractivity contribution >= 4 is 23.6 Å². The third-order valence-corrected chi connectivity index (χ3v) is 9.68. The fraction of sp³-hybridized carbons (Fsp3) is 0.243. The summed E-state index contributed by atoms with van der Waals surface area (Å²) >= 11 is 6.25. The number of aryl methyl sites for hydroxylation is 2. The summed E-state index contributed by atoms with van der Waals surface area (Å²) in [5.41, 5.74) is 6.68. The second kappa shape index (κ2) is 11.9. The molecule has 3 aliphatic rings. The quantitative estimate of drug-likeness (QED) is 0.194. The van der Waals surface area contributed by atoms with Gasteiger partial charge in [-0.1, -0.05) is 83.5 Å². The van der Waals surface area contributed by atoms with Gasteiger partial charge < -0.3 is 24.6 Å². The third kappa shape index (κ3) is 5.21. The van der Waals surface area contributed by atoms with E-state index in [1.165, 1.54) is 6.07 Å². The second-order valence-electron chi connectivity index (χ2n) is 12.5. The maximum atomic E-state index is 15.2. The van der Waals surface area contributed by atoms with Gasteiger partial charge in [-0.25, -0.2) is 9.18 Å². The van der Waals surface area contributed by atoms with Crippen LogP contribution in [0.5, 0.6) is 0 Å². The molecule has 48 heavy (non-hydrogen) atoms. The van der Waals surface area contributed by atoms with Gasteiger partial charge in [-0.05, 0) is 69.5 Å². The minimum Gasteiger partial charge on any atom is -0.449 e. The summed E-state index contributed by atoms with van der Waals surface area (Å²) in [5.74, 6) is -0.530. The van der Waals surface area contributed by atoms with Crippen molar-refractivity contribution in [3.8, 4) is 33.6 Å². The minimum atomic E-state index is -1.23. The summed E-state index contributed by atoms with van der Waals surface area (Å²) in [4.78, 5) is 31.0. The smallest absolute Gasteiger partial charge is 0.408 e. The first kappa shape index (κ1) is 30.3. The minimum absolute atomic E-state index is 0.0419. The second-order valence-corrected chi connectivity index (χ2v) is 12.9. The molecule has 9 nitrogen and oxygen atoms in total. The van der Waals surface area contributed by atoms with Gasteiger partial charge in [0, 0.05) is 17.9 Å². The lowest BCUT2D eigenvalue weighted by Gasteiger charge is -2.40. The average Bonchev–Trinajstić information content (AvgIpc) is 3.76. The monoisotopic (exact) mass is 664 g/mol. The highest BCUT2D eigenvalue weighted by Crippen LogP contribution is 2.45. The summed E-state index contributed by atoms with van der Waals surface area (Å²) in [6.45, 7) is 1.86. The number of alkyl carbamates (subject to hydrolysis) is 1. The van der Waals surface area contributed by atoms with E-state index in [2.05, 4.69) is 45.0 Å². The summed E-state index contributed by atoms with van der Waals surface area (Å²) in [6, 6.07) is 24.6. The molecular weight excluding hydrogens is 635 g/mol. The molecule has 2 heterocycles. The van der Waals surface area contributed by atoms with Gasteiger partial charge >= 0.3 is 6.09 Å². The number of carbonyl (C=O) groups excluding carboxylic acids is 2. The number of carbonyl (C=O) groups is 2. The van der Waals surface area contributed by atoms with E-state index in [1.54, 1.807) is 13.0 Å². The normalized spacial score (nSPS) is 17.2. The van der Waals surface area contributed by atoms with E-state index in [0.717, 1.165) is 38.9 Å². The molecule has 1 fully saturated rings. The lowest BCUT2D eigenvalue weighted by molar-refractivity contribution is -0.148. The Hall–Kier alpha value is -5.06. The predicted octanol–water partition coefficient (Wildman–Crippen LogP) is 6.92. The zero-order valence-electron chi connectivity index (χ0n) is 25.9. The Bertz CT molecular complexity index is 2050. The zero-order valence-corrected chi connectivity index (χ0v) is 26.6. The fourth-order valence-electron chi connectivity index (χ4n) is 7.06. The molecule has 242 valence electrons. The van der Waals surface area contributed by atoms with Gasteiger partial charge in [0.05, 0.1) is 24.8 Å². The van der Waals surface area contributed by atoms with Crippen LogP contribution < -0.4 is 10.6 Å². The first-order valence-corrected chi connectivity index (χ1v) is 16.1. The Kier molecular flexibility index (Phi) is 7.49. The largest absolute Gasteiger partial charge is 0.449 e. The van der Waals surface area contributed by atoms with Gasteiger partial charge in [0.15, 0.2) is 5.54 Å². The van der Waals surface area contributed by atoms with Crippen molar-refractivity contribution in [3.05, 3.63) is 118 Å². The van der Waals surface area contributed by atoms with E-state index in [9.17, 15) is 9.59 Å². The molecule has 5 aromatic rings. The molecule has 2 amide bonds. The summed E-state index contributed by atoms with van der Waals surface area (Å²) in [7, 11) is 0. The average molecular weight is 665 g/mol. The molecule has 0 radical (unpaired) electrons. The van der Waals surface area contributed by atoms with Crippen molar-refractivity contribution < 1.29 is 28.0 Å². The molecule has 4 aromatic carbocycles. The highest BCUT2D eigenvalue weighted by atomic mass is 35.5. The molecule has 0 saturated carbocycles. The van der Waals surface area contributed by atoms with Crippen LogP contribution in [0.25, 0.3) is 33.6 Å². The van der Waals surface area contributed by atoms with Crippen LogP contribution in [0.4, 0.5) is 9.18 Å². The van der Waals surface area contributed by atoms with Gasteiger partial charge in [-0.15, -0.1) is 0 Å². The highest BCUT2D eigenvalue weighted by molar-refractivity contribution is 6.31. The number of hydrogen-bond donors (Lipinski definition) is 2. The van der Waals surface area contributed by atoms with Crippen LogP contribution in [0.3, 0.4) is 0 Å². The summed E-state index contributed by atoms with van der Waals surface area (Å²) < 4.78 is 31.4. The Balaban J connectivity index is 0.961. The van der Waals surface area contributed by atoms with E-state index in [0.29, 0.717) is 24.3 Å². The Morgan fingerprint density at radius 3 is 2.38 bits per heavy atom. The van der Waals surface area contributed by atoms with E-state index in [-0.39, 0.29) is 54.1 Å². The van der Waals surface area contributed by atoms with E-state index in [1.807, 2.05) is 42.5 Å². The topological polar surface area (TPSA) is 116 Å². The van der Waals surface area contributed by atoms with Crippen molar-refractivity contribution in [1.82, 2.24) is 20.8 Å². The lowest BCUT2D eigenvalue weighted by Crippen LogP contribution is -2.70. The van der Waals surface area contributed by atoms with Gasteiger partial charge in [0.2, 0.25) is 11.7 Å². The van der Waals surface area contributed by atoms with Crippen molar-refractivity contribution in [2.45, 2.75) is 37.3 Å². The Morgan fingerprint density at radius 2 is 1.71 bits per heavy atom. The number of nitrogens with one attached hydrogen (secondary N) is 2. The number of rotatable bonds is 7. The highest BCUT2D eigenvalue weighted by Gasteiger charge is 2.49. The molecule has 1 atom stereocenters. The molecular formula is C37H30ClFN4O5. The number of halogens is 2. The van der Waals surface area contributed by atoms with Crippen molar-refractivity contribution in [2.24, 2.45) is 0 Å². The fourth-order valence-corrected chi connectivity index (χ4v) is 7.26. The SMILES string of the molecule is Cc1nc(-c2c(F)cc(Cl)cc2-c2ccc3c(c2)CC[C@@H]3NC(=O)C2(NC(=O)OCC3c4ccccc4-c4ccccc43)COC2)no1. The predicted molar refractivity (Wildman–Crippen MR) is 176 cm³/mol. The van der Waals surface area contributed by atoms with Crippen LogP contribution in [0.2, 0.25) is 5.02 Å². The van der Waals surface area contributed by atoms with Gasteiger partial charge in [-0.2, -0.15) is 4.98 Å². The molecule has 2 aliphatic carbocycles. The number of amides is 2. The first-order valence-electron chi connectivity index (χ1n) is 15.7. The Labute approximate surface area is 280 Å². The molecule has 0 bridgehead atoms. The third-order valence-electron chi connectivity index (χ3n) is 9.46. The molecule has 0 spiro atoms. The molecule has 1 aliphatic heterocycles. The molecule has 1 aromatic heterocycles. The molecule has 1 saturated heterocycles. The Morgan fingerprint density at radius 1 is 0.979 bits per heavy atom. The first-order chi connectivity index (χ1) is 23.3. The number of benzene rings is 4. The van der Waals surface area contributed by atoms with Crippen LogP contribution in [0.15, 0.2) is 83.4 Å². The van der Waals surface area contributed by atoms with Crippen LogP contribution in [-0.2, 0) is 20.7 Å². The molecule has 0 unspecified atom stereocenters. The lowest BCUT2D eigenvalue weighted by atomic mass is 9.94. The van der Waals surface area contributed by atoms with Crippen molar-refractivity contribution in [1.29, 1.82) is 0 Å².